The van der Waals surface area contributed by atoms with Crippen molar-refractivity contribution in [1.82, 2.24) is 15.5 Å². The lowest BCUT2D eigenvalue weighted by molar-refractivity contribution is -0.145. The van der Waals surface area contributed by atoms with Crippen LogP contribution in [0, 0.1) is 12.7 Å². The van der Waals surface area contributed by atoms with E-state index in [1.54, 1.807) is 19.1 Å². The summed E-state index contributed by atoms with van der Waals surface area (Å²) >= 11 is 0. The van der Waals surface area contributed by atoms with Crippen LogP contribution in [0.4, 0.5) is 4.39 Å². The van der Waals surface area contributed by atoms with E-state index in [0.29, 0.717) is 11.1 Å². The van der Waals surface area contributed by atoms with Crippen molar-refractivity contribution >= 4 is 11.9 Å². The van der Waals surface area contributed by atoms with Gasteiger partial charge >= 0.3 is 5.97 Å². The molecule has 3 aromatic rings. The number of benzene rings is 2. The van der Waals surface area contributed by atoms with Gasteiger partial charge in [0, 0.05) is 5.56 Å². The molecular weight excluding hydrogens is 365 g/mol. The van der Waals surface area contributed by atoms with E-state index in [1.165, 1.54) is 6.07 Å². The van der Waals surface area contributed by atoms with E-state index in [4.69, 9.17) is 9.26 Å². The first-order valence-corrected chi connectivity index (χ1v) is 8.56. The number of hydrogen-bond donors (Lipinski definition) is 1. The maximum absolute atomic E-state index is 13.6. The fourth-order valence-corrected chi connectivity index (χ4v) is 2.37. The van der Waals surface area contributed by atoms with Gasteiger partial charge in [-0.1, -0.05) is 47.6 Å². The molecular formula is C20H18FN3O4. The molecule has 0 aliphatic heterocycles. The van der Waals surface area contributed by atoms with Gasteiger partial charge in [0.15, 0.2) is 6.61 Å². The van der Waals surface area contributed by atoms with E-state index in [2.05, 4.69) is 15.5 Å². The highest BCUT2D eigenvalue weighted by Gasteiger charge is 2.13. The van der Waals surface area contributed by atoms with Crippen LogP contribution in [0.25, 0.3) is 11.4 Å². The summed E-state index contributed by atoms with van der Waals surface area (Å²) in [5, 5.41) is 6.23. The van der Waals surface area contributed by atoms with Gasteiger partial charge in [-0.3, -0.25) is 9.59 Å². The molecule has 0 aliphatic carbocycles. The van der Waals surface area contributed by atoms with Crippen molar-refractivity contribution in [1.29, 1.82) is 0 Å². The van der Waals surface area contributed by atoms with Gasteiger partial charge in [0.05, 0.1) is 6.42 Å². The molecule has 28 heavy (non-hydrogen) atoms. The van der Waals surface area contributed by atoms with Crippen molar-refractivity contribution in [3.8, 4) is 11.4 Å². The topological polar surface area (TPSA) is 94.3 Å². The molecule has 3 rings (SSSR count). The fourth-order valence-electron chi connectivity index (χ4n) is 2.37. The molecule has 0 fully saturated rings. The molecule has 0 atom stereocenters. The smallest absolute Gasteiger partial charge is 0.325 e. The van der Waals surface area contributed by atoms with E-state index in [0.717, 1.165) is 5.56 Å². The van der Waals surface area contributed by atoms with Crippen LogP contribution in [0.15, 0.2) is 53.1 Å². The maximum Gasteiger partial charge on any atom is 0.325 e. The molecule has 0 aliphatic rings. The fraction of sp³-hybridized carbons (Fsp3) is 0.200. The molecule has 1 heterocycles. The molecule has 0 radical (unpaired) electrons. The number of aryl methyl sites for hydroxylation is 1. The zero-order valence-corrected chi connectivity index (χ0v) is 15.1. The van der Waals surface area contributed by atoms with E-state index < -0.39 is 5.97 Å². The Morgan fingerprint density at radius 3 is 2.71 bits per heavy atom. The highest BCUT2D eigenvalue weighted by molar-refractivity contribution is 5.83. The minimum atomic E-state index is -0.637. The average molecular weight is 383 g/mol. The number of esters is 1. The molecule has 0 unspecified atom stereocenters. The number of aromatic nitrogens is 2. The number of ether oxygens (including phenoxy) is 1. The minimum absolute atomic E-state index is 0.0694. The number of nitrogens with one attached hydrogen (secondary N) is 1. The van der Waals surface area contributed by atoms with E-state index in [9.17, 15) is 14.0 Å². The second kappa shape index (κ2) is 8.90. The van der Waals surface area contributed by atoms with Crippen LogP contribution in [0.3, 0.4) is 0 Å². The van der Waals surface area contributed by atoms with Gasteiger partial charge in [0.25, 0.3) is 5.89 Å². The third-order valence-corrected chi connectivity index (χ3v) is 3.89. The first-order chi connectivity index (χ1) is 13.5. The molecule has 0 bridgehead atoms. The summed E-state index contributed by atoms with van der Waals surface area (Å²) in [6, 6.07) is 13.8. The maximum atomic E-state index is 13.6. The summed E-state index contributed by atoms with van der Waals surface area (Å²) in [5.41, 5.74) is 1.81. The van der Waals surface area contributed by atoms with Gasteiger partial charge in [-0.25, -0.2) is 4.39 Å². The number of carbonyl (C=O) groups is 2. The standard InChI is InChI=1S/C20H18FN3O4/c1-13-7-8-15(10-16(13)21)20-23-18(28-24-20)12-27-19(26)11-22-17(25)9-14-5-3-2-4-6-14/h2-8,10H,9,11-12H2,1H3,(H,22,25). The number of rotatable bonds is 7. The number of carbonyl (C=O) groups excluding carboxylic acids is 2. The van der Waals surface area contributed by atoms with Crippen molar-refractivity contribution in [3.63, 3.8) is 0 Å². The van der Waals surface area contributed by atoms with E-state index in [1.807, 2.05) is 30.3 Å². The van der Waals surface area contributed by atoms with Crippen LogP contribution in [0.1, 0.15) is 17.0 Å². The Morgan fingerprint density at radius 1 is 1.18 bits per heavy atom. The monoisotopic (exact) mass is 383 g/mol. The highest BCUT2D eigenvalue weighted by atomic mass is 19.1. The Labute approximate surface area is 160 Å². The molecule has 144 valence electrons. The van der Waals surface area contributed by atoms with Crippen molar-refractivity contribution < 1.29 is 23.2 Å². The Hall–Kier alpha value is -3.55. The predicted molar refractivity (Wildman–Crippen MR) is 97.4 cm³/mol. The second-order valence-electron chi connectivity index (χ2n) is 6.08. The number of amides is 1. The van der Waals surface area contributed by atoms with Crippen LogP contribution in [-0.4, -0.2) is 28.6 Å². The molecule has 1 aromatic heterocycles. The molecule has 0 saturated carbocycles. The van der Waals surface area contributed by atoms with E-state index >= 15 is 0 Å². The van der Waals surface area contributed by atoms with Gasteiger partial charge in [0.2, 0.25) is 11.7 Å². The molecule has 0 saturated heterocycles. The van der Waals surface area contributed by atoms with Crippen LogP contribution < -0.4 is 5.32 Å². The van der Waals surface area contributed by atoms with Crippen LogP contribution in [0.5, 0.6) is 0 Å². The Bertz CT molecular complexity index is 973. The first-order valence-electron chi connectivity index (χ1n) is 8.56. The third-order valence-electron chi connectivity index (χ3n) is 3.89. The average Bonchev–Trinajstić information content (AvgIpc) is 3.17. The van der Waals surface area contributed by atoms with Crippen molar-refractivity contribution in [2.45, 2.75) is 20.0 Å². The van der Waals surface area contributed by atoms with Crippen molar-refractivity contribution in [2.75, 3.05) is 6.54 Å². The van der Waals surface area contributed by atoms with E-state index in [-0.39, 0.29) is 43.0 Å². The Balaban J connectivity index is 1.45. The zero-order chi connectivity index (χ0) is 19.9. The quantitative estimate of drug-likeness (QED) is 0.630. The zero-order valence-electron chi connectivity index (χ0n) is 15.1. The van der Waals surface area contributed by atoms with Gasteiger partial charge in [0.1, 0.15) is 12.4 Å². The molecule has 2 aromatic carbocycles. The molecule has 0 spiro atoms. The van der Waals surface area contributed by atoms with Gasteiger partial charge < -0.3 is 14.6 Å². The second-order valence-corrected chi connectivity index (χ2v) is 6.08. The van der Waals surface area contributed by atoms with Crippen molar-refractivity contribution in [3.05, 3.63) is 71.4 Å². The Kier molecular flexibility index (Phi) is 6.11. The summed E-state index contributed by atoms with van der Waals surface area (Å²) < 4.78 is 23.6. The number of hydrogen-bond acceptors (Lipinski definition) is 6. The molecule has 1 amide bonds. The predicted octanol–water partition coefficient (Wildman–Crippen LogP) is 2.59. The SMILES string of the molecule is Cc1ccc(-c2noc(COC(=O)CNC(=O)Cc3ccccc3)n2)cc1F. The minimum Gasteiger partial charge on any atom is -0.454 e. The normalized spacial score (nSPS) is 10.5. The molecule has 8 heteroatoms. The Morgan fingerprint density at radius 2 is 1.96 bits per heavy atom. The van der Waals surface area contributed by atoms with Crippen LogP contribution in [-0.2, 0) is 27.4 Å². The lowest BCUT2D eigenvalue weighted by Gasteiger charge is -2.05. The lowest BCUT2D eigenvalue weighted by Crippen LogP contribution is -2.31. The number of nitrogens with zero attached hydrogens (tertiary/aromatic N) is 2. The summed E-state index contributed by atoms with van der Waals surface area (Å²) in [6.07, 6.45) is 0.175. The number of halogens is 1. The molecule has 1 N–H and O–H groups in total. The highest BCUT2D eigenvalue weighted by Crippen LogP contribution is 2.19. The summed E-state index contributed by atoms with van der Waals surface area (Å²) in [7, 11) is 0. The third kappa shape index (κ3) is 5.23. The van der Waals surface area contributed by atoms with Gasteiger partial charge in [-0.2, -0.15) is 4.98 Å². The molecule has 7 nitrogen and oxygen atoms in total. The van der Waals surface area contributed by atoms with Crippen molar-refractivity contribution in [2.24, 2.45) is 0 Å². The lowest BCUT2D eigenvalue weighted by atomic mass is 10.1. The van der Waals surface area contributed by atoms with Crippen LogP contribution in [0.2, 0.25) is 0 Å². The van der Waals surface area contributed by atoms with Gasteiger partial charge in [-0.05, 0) is 24.1 Å². The van der Waals surface area contributed by atoms with Crippen LogP contribution >= 0.6 is 0 Å². The largest absolute Gasteiger partial charge is 0.454 e. The summed E-state index contributed by atoms with van der Waals surface area (Å²) in [6.45, 7) is 1.14. The van der Waals surface area contributed by atoms with Gasteiger partial charge in [-0.15, -0.1) is 0 Å². The first kappa shape index (κ1) is 19.2. The summed E-state index contributed by atoms with van der Waals surface area (Å²) in [5.74, 6) is -1.03. The summed E-state index contributed by atoms with van der Waals surface area (Å²) in [4.78, 5) is 27.6.